The van der Waals surface area contributed by atoms with Crippen LogP contribution in [0.25, 0.3) is 0 Å². The van der Waals surface area contributed by atoms with E-state index in [-0.39, 0.29) is 6.10 Å². The highest BCUT2D eigenvalue weighted by Crippen LogP contribution is 2.27. The predicted molar refractivity (Wildman–Crippen MR) is 87.4 cm³/mol. The van der Waals surface area contributed by atoms with Crippen LogP contribution in [0.15, 0.2) is 0 Å². The van der Waals surface area contributed by atoms with Crippen molar-refractivity contribution in [3.05, 3.63) is 0 Å². The summed E-state index contributed by atoms with van der Waals surface area (Å²) < 4.78 is 5.94. The molecule has 2 rings (SSSR count). The minimum atomic E-state index is -0.358. The molecule has 2 fully saturated rings. The molecular formula is C18H35NO2. The lowest BCUT2D eigenvalue weighted by molar-refractivity contribution is -0.0458. The maximum Gasteiger partial charge on any atom is 0.0897 e. The van der Waals surface area contributed by atoms with Crippen LogP contribution in [-0.4, -0.2) is 36.5 Å². The lowest BCUT2D eigenvalue weighted by Gasteiger charge is -2.31. The summed E-state index contributed by atoms with van der Waals surface area (Å²) in [6.45, 7) is 5.75. The number of nitrogens with one attached hydrogen (secondary N) is 1. The summed E-state index contributed by atoms with van der Waals surface area (Å²) in [5.41, 5.74) is 0. The maximum atomic E-state index is 10.1. The first kappa shape index (κ1) is 17.2. The van der Waals surface area contributed by atoms with Crippen molar-refractivity contribution in [1.29, 1.82) is 0 Å². The van der Waals surface area contributed by atoms with Crippen LogP contribution in [0.5, 0.6) is 0 Å². The summed E-state index contributed by atoms with van der Waals surface area (Å²) in [7, 11) is 0. The summed E-state index contributed by atoms with van der Waals surface area (Å²) in [5, 5.41) is 13.6. The molecule has 0 saturated heterocycles. The summed E-state index contributed by atoms with van der Waals surface area (Å²) in [5.74, 6) is 1.59. The second kappa shape index (κ2) is 9.12. The molecule has 2 aliphatic rings. The second-order valence-corrected chi connectivity index (χ2v) is 7.32. The fourth-order valence-corrected chi connectivity index (χ4v) is 3.90. The maximum absolute atomic E-state index is 10.1. The zero-order chi connectivity index (χ0) is 15.1. The average molecular weight is 297 g/mol. The fraction of sp³-hybridized carbons (Fsp3) is 1.00. The summed E-state index contributed by atoms with van der Waals surface area (Å²) in [6.07, 6.45) is 11.6. The van der Waals surface area contributed by atoms with E-state index in [4.69, 9.17) is 4.74 Å². The Morgan fingerprint density at radius 1 is 1.10 bits per heavy atom. The SMILES string of the molecule is CCC1CCC(NCC(O)COC2CCCCC2C)CC1. The van der Waals surface area contributed by atoms with Crippen molar-refractivity contribution in [3.8, 4) is 0 Å². The molecule has 2 aliphatic carbocycles. The van der Waals surface area contributed by atoms with Gasteiger partial charge in [-0.05, 0) is 50.4 Å². The minimum Gasteiger partial charge on any atom is -0.389 e. The number of aliphatic hydroxyl groups excluding tert-OH is 1. The van der Waals surface area contributed by atoms with E-state index in [9.17, 15) is 5.11 Å². The molecule has 3 heteroatoms. The van der Waals surface area contributed by atoms with E-state index in [0.717, 1.165) is 5.92 Å². The molecule has 0 heterocycles. The summed E-state index contributed by atoms with van der Waals surface area (Å²) >= 11 is 0. The summed E-state index contributed by atoms with van der Waals surface area (Å²) in [6, 6.07) is 0.607. The lowest BCUT2D eigenvalue weighted by Crippen LogP contribution is -2.40. The van der Waals surface area contributed by atoms with E-state index in [1.165, 1.54) is 57.8 Å². The van der Waals surface area contributed by atoms with E-state index < -0.39 is 0 Å². The number of hydrogen-bond donors (Lipinski definition) is 2. The van der Waals surface area contributed by atoms with Gasteiger partial charge in [-0.1, -0.05) is 33.1 Å². The van der Waals surface area contributed by atoms with Crippen LogP contribution in [0, 0.1) is 11.8 Å². The van der Waals surface area contributed by atoms with Gasteiger partial charge in [-0.25, -0.2) is 0 Å². The topological polar surface area (TPSA) is 41.5 Å². The zero-order valence-electron chi connectivity index (χ0n) is 14.0. The first-order chi connectivity index (χ1) is 10.2. The molecule has 0 aromatic rings. The first-order valence-corrected chi connectivity index (χ1v) is 9.22. The molecule has 2 N–H and O–H groups in total. The van der Waals surface area contributed by atoms with Crippen LogP contribution < -0.4 is 5.32 Å². The van der Waals surface area contributed by atoms with E-state index >= 15 is 0 Å². The third-order valence-electron chi connectivity index (χ3n) is 5.60. The normalized spacial score (nSPS) is 35.6. The molecule has 3 unspecified atom stereocenters. The Morgan fingerprint density at radius 2 is 1.81 bits per heavy atom. The Balaban J connectivity index is 1.56. The van der Waals surface area contributed by atoms with Gasteiger partial charge in [0.2, 0.25) is 0 Å². The molecule has 2 saturated carbocycles. The molecule has 0 bridgehead atoms. The quantitative estimate of drug-likeness (QED) is 0.755. The highest BCUT2D eigenvalue weighted by atomic mass is 16.5. The van der Waals surface area contributed by atoms with Gasteiger partial charge in [-0.15, -0.1) is 0 Å². The van der Waals surface area contributed by atoms with Crippen LogP contribution in [0.1, 0.15) is 71.6 Å². The number of aliphatic hydroxyl groups is 1. The lowest BCUT2D eigenvalue weighted by atomic mass is 9.84. The second-order valence-electron chi connectivity index (χ2n) is 7.32. The first-order valence-electron chi connectivity index (χ1n) is 9.22. The minimum absolute atomic E-state index is 0.358. The predicted octanol–water partition coefficient (Wildman–Crippen LogP) is 3.50. The Morgan fingerprint density at radius 3 is 2.48 bits per heavy atom. The smallest absolute Gasteiger partial charge is 0.0897 e. The van der Waals surface area contributed by atoms with Crippen LogP contribution >= 0.6 is 0 Å². The molecule has 0 aromatic carbocycles. The van der Waals surface area contributed by atoms with Gasteiger partial charge in [0.15, 0.2) is 0 Å². The van der Waals surface area contributed by atoms with Gasteiger partial charge >= 0.3 is 0 Å². The highest BCUT2D eigenvalue weighted by Gasteiger charge is 2.23. The van der Waals surface area contributed by atoms with Gasteiger partial charge in [-0.2, -0.15) is 0 Å². The molecular weight excluding hydrogens is 262 g/mol. The van der Waals surface area contributed by atoms with E-state index in [1.54, 1.807) is 0 Å². The molecule has 0 spiro atoms. The molecule has 0 radical (unpaired) electrons. The molecule has 3 nitrogen and oxygen atoms in total. The van der Waals surface area contributed by atoms with Gasteiger partial charge in [-0.3, -0.25) is 0 Å². The van der Waals surface area contributed by atoms with Crippen LogP contribution in [0.4, 0.5) is 0 Å². The third kappa shape index (κ3) is 5.88. The van der Waals surface area contributed by atoms with E-state index in [2.05, 4.69) is 19.2 Å². The van der Waals surface area contributed by atoms with Crippen molar-refractivity contribution in [2.24, 2.45) is 11.8 Å². The Bertz CT molecular complexity index is 276. The summed E-state index contributed by atoms with van der Waals surface area (Å²) in [4.78, 5) is 0. The Kier molecular flexibility index (Phi) is 7.48. The average Bonchev–Trinajstić information content (AvgIpc) is 2.52. The molecule has 0 amide bonds. The standard InChI is InChI=1S/C18H35NO2/c1-3-15-8-10-16(11-9-15)19-12-17(20)13-21-18-7-5-4-6-14(18)2/h14-20H,3-13H2,1-2H3. The number of hydrogen-bond acceptors (Lipinski definition) is 3. The van der Waals surface area contributed by atoms with Crippen molar-refractivity contribution in [2.75, 3.05) is 13.2 Å². The molecule has 3 atom stereocenters. The van der Waals surface area contributed by atoms with Gasteiger partial charge in [0, 0.05) is 12.6 Å². The monoisotopic (exact) mass is 297 g/mol. The zero-order valence-corrected chi connectivity index (χ0v) is 14.0. The van der Waals surface area contributed by atoms with Gasteiger partial charge in [0.1, 0.15) is 0 Å². The van der Waals surface area contributed by atoms with Crippen molar-refractivity contribution >= 4 is 0 Å². The van der Waals surface area contributed by atoms with Gasteiger partial charge in [0.25, 0.3) is 0 Å². The third-order valence-corrected chi connectivity index (χ3v) is 5.60. The van der Waals surface area contributed by atoms with Crippen molar-refractivity contribution < 1.29 is 9.84 Å². The highest BCUT2D eigenvalue weighted by molar-refractivity contribution is 4.78. The van der Waals surface area contributed by atoms with Crippen LogP contribution in [-0.2, 0) is 4.74 Å². The van der Waals surface area contributed by atoms with E-state index in [1.807, 2.05) is 0 Å². The number of rotatable bonds is 7. The fourth-order valence-electron chi connectivity index (χ4n) is 3.90. The Hall–Kier alpha value is -0.120. The largest absolute Gasteiger partial charge is 0.389 e. The molecule has 0 aromatic heterocycles. The van der Waals surface area contributed by atoms with Crippen molar-refractivity contribution in [1.82, 2.24) is 5.32 Å². The van der Waals surface area contributed by atoms with E-state index in [0.29, 0.717) is 31.2 Å². The van der Waals surface area contributed by atoms with Crippen LogP contribution in [0.3, 0.4) is 0 Å². The van der Waals surface area contributed by atoms with Gasteiger partial charge in [0.05, 0.1) is 18.8 Å². The van der Waals surface area contributed by atoms with Gasteiger partial charge < -0.3 is 15.2 Å². The number of ether oxygens (including phenoxy) is 1. The molecule has 0 aliphatic heterocycles. The molecule has 124 valence electrons. The van der Waals surface area contributed by atoms with Crippen molar-refractivity contribution in [3.63, 3.8) is 0 Å². The Labute approximate surface area is 130 Å². The van der Waals surface area contributed by atoms with Crippen molar-refractivity contribution in [2.45, 2.75) is 89.9 Å². The van der Waals surface area contributed by atoms with Crippen LogP contribution in [0.2, 0.25) is 0 Å². The molecule has 21 heavy (non-hydrogen) atoms.